The SMILES string of the molecule is [C-]#[N+]c1ccc2c(n1)c(N1C[C@@H](CC)N(C(C)c3ccc(C(F)(F)F)cc3)C[C@@H]1CC)cc(=O)n2C. The van der Waals surface area contributed by atoms with E-state index in [1.807, 2.05) is 6.92 Å². The van der Waals surface area contributed by atoms with Gasteiger partial charge >= 0.3 is 6.18 Å². The fraction of sp³-hybridized carbons (Fsp3) is 0.444. The summed E-state index contributed by atoms with van der Waals surface area (Å²) < 4.78 is 40.7. The van der Waals surface area contributed by atoms with Gasteiger partial charge in [0.1, 0.15) is 0 Å². The number of halogens is 3. The maximum absolute atomic E-state index is 13.0. The lowest BCUT2D eigenvalue weighted by Crippen LogP contribution is -2.58. The third-order valence-corrected chi connectivity index (χ3v) is 7.38. The highest BCUT2D eigenvalue weighted by atomic mass is 19.4. The molecule has 190 valence electrons. The van der Waals surface area contributed by atoms with E-state index in [1.54, 1.807) is 41.9 Å². The van der Waals surface area contributed by atoms with Crippen molar-refractivity contribution in [1.29, 1.82) is 0 Å². The molecule has 1 aliphatic rings. The van der Waals surface area contributed by atoms with Crippen molar-refractivity contribution in [3.63, 3.8) is 0 Å². The number of anilines is 1. The molecule has 9 heteroatoms. The molecule has 3 aromatic rings. The zero-order chi connectivity index (χ0) is 26.2. The summed E-state index contributed by atoms with van der Waals surface area (Å²) in [4.78, 5) is 25.4. The first-order valence-corrected chi connectivity index (χ1v) is 12.2. The van der Waals surface area contributed by atoms with Gasteiger partial charge < -0.3 is 14.3 Å². The highest BCUT2D eigenvalue weighted by Gasteiger charge is 2.37. The molecule has 1 aliphatic heterocycles. The molecule has 6 nitrogen and oxygen atoms in total. The van der Waals surface area contributed by atoms with Crippen LogP contribution in [-0.2, 0) is 13.2 Å². The van der Waals surface area contributed by atoms with Crippen molar-refractivity contribution in [1.82, 2.24) is 14.5 Å². The standard InChI is InChI=1S/C27H30F3N5O/c1-6-20-16-35(23-14-25(36)33(5)22-12-13-24(31-4)32-26(22)23)21(7-2)15-34(20)17(3)18-8-10-19(11-9-18)27(28,29)30/h8-14,17,20-21H,6-7,15-16H2,1-3,5H3/t17?,20-,21+/m1/s1. The number of benzene rings is 1. The zero-order valence-electron chi connectivity index (χ0n) is 20.9. The van der Waals surface area contributed by atoms with E-state index in [2.05, 4.69) is 33.5 Å². The second kappa shape index (κ2) is 9.94. The van der Waals surface area contributed by atoms with E-state index in [-0.39, 0.29) is 29.5 Å². The van der Waals surface area contributed by atoms with Crippen molar-refractivity contribution < 1.29 is 13.2 Å². The van der Waals surface area contributed by atoms with E-state index in [9.17, 15) is 18.0 Å². The van der Waals surface area contributed by atoms with Gasteiger partial charge in [0.25, 0.3) is 11.4 Å². The van der Waals surface area contributed by atoms with Gasteiger partial charge in [-0.05, 0) is 49.6 Å². The molecule has 0 N–H and O–H groups in total. The fourth-order valence-corrected chi connectivity index (χ4v) is 5.18. The maximum Gasteiger partial charge on any atom is 0.416 e. The maximum atomic E-state index is 13.0. The largest absolute Gasteiger partial charge is 0.416 e. The van der Waals surface area contributed by atoms with Crippen LogP contribution in [0.1, 0.15) is 50.8 Å². The quantitative estimate of drug-likeness (QED) is 0.409. The predicted molar refractivity (Wildman–Crippen MR) is 135 cm³/mol. The highest BCUT2D eigenvalue weighted by molar-refractivity contribution is 5.89. The Hall–Kier alpha value is -3.38. The van der Waals surface area contributed by atoms with Crippen LogP contribution < -0.4 is 10.5 Å². The average molecular weight is 498 g/mol. The van der Waals surface area contributed by atoms with Gasteiger partial charge in [-0.15, -0.1) is 4.98 Å². The Bertz CT molecular complexity index is 1340. The molecular weight excluding hydrogens is 467 g/mol. The van der Waals surface area contributed by atoms with Crippen molar-refractivity contribution in [2.75, 3.05) is 18.0 Å². The molecule has 3 atom stereocenters. The molecule has 0 aliphatic carbocycles. The number of rotatable bonds is 5. The molecule has 0 radical (unpaired) electrons. The van der Waals surface area contributed by atoms with Crippen LogP contribution in [0, 0.1) is 6.57 Å². The molecule has 3 heterocycles. The number of piperazine rings is 1. The fourth-order valence-electron chi connectivity index (χ4n) is 5.18. The normalized spacial score (nSPS) is 19.9. The third-order valence-electron chi connectivity index (χ3n) is 7.38. The van der Waals surface area contributed by atoms with Crippen molar-refractivity contribution >= 4 is 22.5 Å². The number of aryl methyl sites for hydroxylation is 1. The van der Waals surface area contributed by atoms with Gasteiger partial charge in [0.05, 0.1) is 16.8 Å². The number of pyridine rings is 2. The van der Waals surface area contributed by atoms with Crippen LogP contribution in [0.25, 0.3) is 15.9 Å². The van der Waals surface area contributed by atoms with Crippen molar-refractivity contribution in [2.24, 2.45) is 7.05 Å². The molecule has 0 saturated carbocycles. The number of hydrogen-bond donors (Lipinski definition) is 0. The van der Waals surface area contributed by atoms with Crippen LogP contribution in [0.3, 0.4) is 0 Å². The molecule has 1 unspecified atom stereocenters. The van der Waals surface area contributed by atoms with Gasteiger partial charge in [0.15, 0.2) is 0 Å². The second-order valence-electron chi connectivity index (χ2n) is 9.34. The summed E-state index contributed by atoms with van der Waals surface area (Å²) in [5.74, 6) is 0.275. The molecule has 0 amide bonds. The Kier molecular flexibility index (Phi) is 7.10. The smallest absolute Gasteiger partial charge is 0.362 e. The van der Waals surface area contributed by atoms with Gasteiger partial charge in [-0.2, -0.15) is 13.2 Å². The molecule has 36 heavy (non-hydrogen) atoms. The summed E-state index contributed by atoms with van der Waals surface area (Å²) in [6.07, 6.45) is -2.71. The number of aromatic nitrogens is 2. The average Bonchev–Trinajstić information content (AvgIpc) is 2.88. The topological polar surface area (TPSA) is 45.7 Å². The summed E-state index contributed by atoms with van der Waals surface area (Å²) in [7, 11) is 1.70. The molecular formula is C27H30F3N5O. The lowest BCUT2D eigenvalue weighted by atomic mass is 9.96. The van der Waals surface area contributed by atoms with E-state index in [0.29, 0.717) is 24.1 Å². The minimum atomic E-state index is -4.36. The number of alkyl halides is 3. The number of nitrogens with zero attached hydrogens (tertiary/aromatic N) is 5. The van der Waals surface area contributed by atoms with Crippen LogP contribution >= 0.6 is 0 Å². The number of hydrogen-bond acceptors (Lipinski definition) is 4. The summed E-state index contributed by atoms with van der Waals surface area (Å²) in [6.45, 7) is 14.9. The summed E-state index contributed by atoms with van der Waals surface area (Å²) in [6, 6.07) is 10.5. The second-order valence-corrected chi connectivity index (χ2v) is 9.34. The third kappa shape index (κ3) is 4.70. The minimum absolute atomic E-state index is 0.0680. The lowest BCUT2D eigenvalue weighted by Gasteiger charge is -2.49. The van der Waals surface area contributed by atoms with Crippen molar-refractivity contribution in [3.8, 4) is 0 Å². The Balaban J connectivity index is 1.70. The first-order valence-electron chi connectivity index (χ1n) is 12.2. The van der Waals surface area contributed by atoms with Gasteiger partial charge in [-0.3, -0.25) is 9.69 Å². The molecule has 2 aromatic heterocycles. The lowest BCUT2D eigenvalue weighted by molar-refractivity contribution is -0.137. The Morgan fingerprint density at radius 1 is 1.08 bits per heavy atom. The van der Waals surface area contributed by atoms with Gasteiger partial charge in [-0.25, -0.2) is 0 Å². The Morgan fingerprint density at radius 3 is 2.33 bits per heavy atom. The summed E-state index contributed by atoms with van der Waals surface area (Å²) >= 11 is 0. The predicted octanol–water partition coefficient (Wildman–Crippen LogP) is 5.94. The monoisotopic (exact) mass is 497 g/mol. The van der Waals surface area contributed by atoms with E-state index >= 15 is 0 Å². The Morgan fingerprint density at radius 2 is 1.75 bits per heavy atom. The molecule has 0 spiro atoms. The Labute approximate surface area is 208 Å². The minimum Gasteiger partial charge on any atom is -0.362 e. The summed E-state index contributed by atoms with van der Waals surface area (Å²) in [5, 5.41) is 0. The van der Waals surface area contributed by atoms with Gasteiger partial charge in [-0.1, -0.05) is 32.6 Å². The zero-order valence-corrected chi connectivity index (χ0v) is 20.9. The van der Waals surface area contributed by atoms with Gasteiger partial charge in [0, 0.05) is 44.3 Å². The molecule has 4 rings (SSSR count). The highest BCUT2D eigenvalue weighted by Crippen LogP contribution is 2.36. The summed E-state index contributed by atoms with van der Waals surface area (Å²) in [5.41, 5.74) is 2.08. The van der Waals surface area contributed by atoms with E-state index in [0.717, 1.165) is 36.2 Å². The van der Waals surface area contributed by atoms with Gasteiger partial charge in [0.2, 0.25) is 5.52 Å². The van der Waals surface area contributed by atoms with Crippen molar-refractivity contribution in [3.05, 3.63) is 75.4 Å². The molecule has 0 bridgehead atoms. The van der Waals surface area contributed by atoms with E-state index < -0.39 is 11.7 Å². The van der Waals surface area contributed by atoms with Crippen LogP contribution in [0.4, 0.5) is 24.7 Å². The van der Waals surface area contributed by atoms with Crippen LogP contribution in [0.5, 0.6) is 0 Å². The van der Waals surface area contributed by atoms with Crippen LogP contribution in [0.2, 0.25) is 0 Å². The molecule has 1 aromatic carbocycles. The molecule has 1 saturated heterocycles. The van der Waals surface area contributed by atoms with E-state index in [4.69, 9.17) is 6.57 Å². The van der Waals surface area contributed by atoms with E-state index in [1.165, 1.54) is 0 Å². The first kappa shape index (κ1) is 25.7. The van der Waals surface area contributed by atoms with Crippen LogP contribution in [-0.4, -0.2) is 39.6 Å². The molecule has 1 fully saturated rings. The van der Waals surface area contributed by atoms with Crippen LogP contribution in [0.15, 0.2) is 47.3 Å². The van der Waals surface area contributed by atoms with Crippen molar-refractivity contribution in [2.45, 2.75) is 57.9 Å². The number of fused-ring (bicyclic) bond motifs is 1. The first-order chi connectivity index (χ1) is 17.1.